The molecule has 0 aromatic carbocycles. The average Bonchev–Trinajstić information content (AvgIpc) is 3.21. The zero-order valence-electron chi connectivity index (χ0n) is 20.8. The summed E-state index contributed by atoms with van der Waals surface area (Å²) in [4.78, 5) is 41.3. The van der Waals surface area contributed by atoms with E-state index in [2.05, 4.69) is 41.2 Å². The summed E-state index contributed by atoms with van der Waals surface area (Å²) in [6.45, 7) is 20.8. The summed E-state index contributed by atoms with van der Waals surface area (Å²) in [7, 11) is -1.12. The van der Waals surface area contributed by atoms with E-state index in [9.17, 15) is 14.4 Å². The van der Waals surface area contributed by atoms with Crippen LogP contribution in [0.15, 0.2) is 12.2 Å². The molecule has 31 heavy (non-hydrogen) atoms. The molecular weight excluding hydrogens is 408 g/mol. The fraction of sp³-hybridized carbons (Fsp3) is 0.800. The lowest BCUT2D eigenvalue weighted by molar-refractivity contribution is -0.174. The normalized spacial score (nSPS) is 37.3. The summed E-state index contributed by atoms with van der Waals surface area (Å²) in [5, 5.41) is -0.171. The van der Waals surface area contributed by atoms with Crippen LogP contribution in [0, 0.1) is 40.4 Å². The lowest BCUT2D eigenvalue weighted by Gasteiger charge is -2.42. The second-order valence-corrected chi connectivity index (χ2v) is 17.0. The Morgan fingerprint density at radius 3 is 2.26 bits per heavy atom. The molecule has 3 aliphatic rings. The maximum absolute atomic E-state index is 14.2. The average molecular weight is 449 g/mol. The van der Waals surface area contributed by atoms with Crippen molar-refractivity contribution in [3.05, 3.63) is 12.2 Å². The zero-order chi connectivity index (χ0) is 23.7. The number of allylic oxidation sites excluding steroid dienone is 1. The van der Waals surface area contributed by atoms with Crippen LogP contribution in [0.25, 0.3) is 0 Å². The van der Waals surface area contributed by atoms with Gasteiger partial charge in [-0.3, -0.25) is 14.4 Å². The Balaban J connectivity index is 2.13. The molecule has 0 aromatic rings. The Labute approximate surface area is 188 Å². The minimum absolute atomic E-state index is 0.0681. The van der Waals surface area contributed by atoms with E-state index in [-0.39, 0.29) is 34.0 Å². The zero-order valence-corrected chi connectivity index (χ0v) is 21.8. The molecule has 0 aliphatic heterocycles. The third-order valence-electron chi connectivity index (χ3n) is 9.22. The second kappa shape index (κ2) is 7.29. The standard InChI is InChI=1S/C25H40O5Si/c1-14-11-16-19-17(24(19,6)7)13-15(2)25(20(16)26,22(28)29-8)18(12-14)21(27)30-31(9,10)23(3,4)5/h15-19H,1,11-13H2,2-10H3/t15-,16+,17-,18+,19+,25+/m1/s1. The maximum Gasteiger partial charge on any atom is 0.320 e. The van der Waals surface area contributed by atoms with Crippen LogP contribution in [-0.2, 0) is 23.5 Å². The Morgan fingerprint density at radius 2 is 1.74 bits per heavy atom. The van der Waals surface area contributed by atoms with Crippen molar-refractivity contribution in [3.8, 4) is 0 Å². The molecule has 6 heteroatoms. The van der Waals surface area contributed by atoms with Gasteiger partial charge >= 0.3 is 5.97 Å². The summed E-state index contributed by atoms with van der Waals surface area (Å²) in [6, 6.07) is 0. The maximum atomic E-state index is 14.2. The molecule has 174 valence electrons. The molecule has 2 bridgehead atoms. The number of carbonyl (C=O) groups is 3. The number of methoxy groups -OCH3 is 1. The third-order valence-corrected chi connectivity index (χ3v) is 13.5. The van der Waals surface area contributed by atoms with Crippen LogP contribution in [0.4, 0.5) is 0 Å². The van der Waals surface area contributed by atoms with Crippen LogP contribution in [0.1, 0.15) is 60.8 Å². The van der Waals surface area contributed by atoms with Crippen LogP contribution in [-0.4, -0.2) is 33.1 Å². The van der Waals surface area contributed by atoms with Crippen molar-refractivity contribution < 1.29 is 23.5 Å². The minimum atomic E-state index is -2.44. The highest BCUT2D eigenvalue weighted by Crippen LogP contribution is 2.70. The summed E-state index contributed by atoms with van der Waals surface area (Å²) in [5.41, 5.74) is -0.572. The molecule has 0 heterocycles. The van der Waals surface area contributed by atoms with Crippen LogP contribution >= 0.6 is 0 Å². The SMILES string of the molecule is C=C1C[C@@H]2C(=O)[C@](C(=O)OC)([C@H](C)C[C@@H]3[C@H]2C3(C)C)[C@H](C(=O)O[Si](C)(C)C(C)(C)C)C1. The topological polar surface area (TPSA) is 69.7 Å². The molecule has 0 saturated heterocycles. The summed E-state index contributed by atoms with van der Waals surface area (Å²) < 4.78 is 11.4. The first kappa shape index (κ1) is 24.2. The Morgan fingerprint density at radius 1 is 1.16 bits per heavy atom. The molecule has 0 amide bonds. The van der Waals surface area contributed by atoms with Gasteiger partial charge in [-0.15, -0.1) is 0 Å². The number of ether oxygens (including phenoxy) is 1. The molecule has 0 aromatic heterocycles. The Hall–Kier alpha value is -1.43. The molecule has 3 fully saturated rings. The molecule has 0 spiro atoms. The number of hydrogen-bond acceptors (Lipinski definition) is 5. The third kappa shape index (κ3) is 3.44. The van der Waals surface area contributed by atoms with Crippen molar-refractivity contribution in [2.24, 2.45) is 40.4 Å². The van der Waals surface area contributed by atoms with E-state index < -0.39 is 31.6 Å². The van der Waals surface area contributed by atoms with Gasteiger partial charge in [-0.2, -0.15) is 0 Å². The quantitative estimate of drug-likeness (QED) is 0.258. The van der Waals surface area contributed by atoms with Crippen molar-refractivity contribution in [3.63, 3.8) is 0 Å². The number of rotatable bonds is 3. The van der Waals surface area contributed by atoms with Crippen LogP contribution in [0.5, 0.6) is 0 Å². The van der Waals surface area contributed by atoms with Crippen LogP contribution in [0.3, 0.4) is 0 Å². The van der Waals surface area contributed by atoms with Crippen molar-refractivity contribution in [1.82, 2.24) is 0 Å². The number of Topliss-reactive ketones (excluding diaryl/α,β-unsaturated/α-hetero) is 1. The van der Waals surface area contributed by atoms with E-state index in [1.807, 2.05) is 20.0 Å². The highest BCUT2D eigenvalue weighted by atomic mass is 28.4. The van der Waals surface area contributed by atoms with E-state index in [1.165, 1.54) is 7.11 Å². The van der Waals surface area contributed by atoms with Gasteiger partial charge < -0.3 is 9.16 Å². The van der Waals surface area contributed by atoms with Gasteiger partial charge in [-0.25, -0.2) is 0 Å². The lowest BCUT2D eigenvalue weighted by Crippen LogP contribution is -2.56. The number of ketones is 1. The minimum Gasteiger partial charge on any atom is -0.519 e. The molecule has 5 nitrogen and oxygen atoms in total. The smallest absolute Gasteiger partial charge is 0.320 e. The van der Waals surface area contributed by atoms with Crippen molar-refractivity contribution in [2.45, 2.75) is 78.9 Å². The van der Waals surface area contributed by atoms with E-state index in [1.54, 1.807) is 0 Å². The monoisotopic (exact) mass is 448 g/mol. The van der Waals surface area contributed by atoms with Crippen molar-refractivity contribution >= 4 is 26.0 Å². The van der Waals surface area contributed by atoms with Crippen molar-refractivity contribution in [2.75, 3.05) is 7.11 Å². The second-order valence-electron chi connectivity index (χ2n) is 12.3. The number of esters is 1. The highest BCUT2D eigenvalue weighted by molar-refractivity contribution is 6.75. The first-order valence-electron chi connectivity index (χ1n) is 11.6. The molecular formula is C25H40O5Si. The van der Waals surface area contributed by atoms with Gasteiger partial charge in [-0.05, 0) is 60.6 Å². The molecule has 0 unspecified atom stereocenters. The van der Waals surface area contributed by atoms with E-state index in [4.69, 9.17) is 9.16 Å². The van der Waals surface area contributed by atoms with Gasteiger partial charge in [0, 0.05) is 5.92 Å². The van der Waals surface area contributed by atoms with Gasteiger partial charge in [0.1, 0.15) is 5.41 Å². The number of fused-ring (bicyclic) bond motifs is 4. The Bertz CT molecular complexity index is 820. The van der Waals surface area contributed by atoms with Gasteiger partial charge in [0.15, 0.2) is 5.78 Å². The van der Waals surface area contributed by atoms with Gasteiger partial charge in [-0.1, -0.05) is 53.7 Å². The lowest BCUT2D eigenvalue weighted by atomic mass is 9.61. The first-order chi connectivity index (χ1) is 14.0. The van der Waals surface area contributed by atoms with Crippen molar-refractivity contribution in [1.29, 1.82) is 0 Å². The summed E-state index contributed by atoms with van der Waals surface area (Å²) in [5.74, 6) is -2.02. The van der Waals surface area contributed by atoms with Gasteiger partial charge in [0.05, 0.1) is 13.0 Å². The predicted octanol–water partition coefficient (Wildman–Crippen LogP) is 5.16. The summed E-state index contributed by atoms with van der Waals surface area (Å²) in [6.07, 6.45) is 1.58. The molecule has 3 aliphatic carbocycles. The van der Waals surface area contributed by atoms with E-state index in [0.29, 0.717) is 18.8 Å². The van der Waals surface area contributed by atoms with Crippen LogP contribution in [0.2, 0.25) is 18.1 Å². The molecule has 3 rings (SSSR count). The van der Waals surface area contributed by atoms with E-state index in [0.717, 1.165) is 12.0 Å². The molecule has 0 radical (unpaired) electrons. The fourth-order valence-corrected chi connectivity index (χ4v) is 7.20. The highest BCUT2D eigenvalue weighted by Gasteiger charge is 2.72. The van der Waals surface area contributed by atoms with Crippen LogP contribution < -0.4 is 0 Å². The molecule has 3 saturated carbocycles. The fourth-order valence-electron chi connectivity index (χ4n) is 6.25. The largest absolute Gasteiger partial charge is 0.519 e. The number of carbonyl (C=O) groups excluding carboxylic acids is 3. The summed E-state index contributed by atoms with van der Waals surface area (Å²) >= 11 is 0. The van der Waals surface area contributed by atoms with E-state index >= 15 is 0 Å². The molecule has 6 atom stereocenters. The Kier molecular flexibility index (Phi) is 5.69. The van der Waals surface area contributed by atoms with Gasteiger partial charge in [0.2, 0.25) is 0 Å². The van der Waals surface area contributed by atoms with Gasteiger partial charge in [0.25, 0.3) is 14.3 Å². The molecule has 0 N–H and O–H groups in total. The number of hydrogen-bond donors (Lipinski definition) is 0. The predicted molar refractivity (Wildman–Crippen MR) is 123 cm³/mol. The first-order valence-corrected chi connectivity index (χ1v) is 14.5.